The molecule has 1 atom stereocenters. The van der Waals surface area contributed by atoms with E-state index in [1.807, 2.05) is 12.3 Å². The molecule has 0 aromatic carbocycles. The Morgan fingerprint density at radius 1 is 1.54 bits per heavy atom. The molecule has 3 nitrogen and oxygen atoms in total. The van der Waals surface area contributed by atoms with E-state index in [-0.39, 0.29) is 0 Å². The van der Waals surface area contributed by atoms with Gasteiger partial charge in [-0.2, -0.15) is 0 Å². The van der Waals surface area contributed by atoms with E-state index in [4.69, 9.17) is 0 Å². The van der Waals surface area contributed by atoms with Crippen LogP contribution in [0.5, 0.6) is 0 Å². The minimum absolute atomic E-state index is 0.493. The summed E-state index contributed by atoms with van der Waals surface area (Å²) >= 11 is 0. The summed E-state index contributed by atoms with van der Waals surface area (Å²) in [7, 11) is 0. The summed E-state index contributed by atoms with van der Waals surface area (Å²) in [5.74, 6) is 1.55. The third-order valence-corrected chi connectivity index (χ3v) is 2.38. The van der Waals surface area contributed by atoms with Crippen molar-refractivity contribution in [3.63, 3.8) is 0 Å². The lowest BCUT2D eigenvalue weighted by molar-refractivity contribution is 0.692. The number of aromatic amines is 1. The minimum atomic E-state index is 0.493. The van der Waals surface area contributed by atoms with E-state index in [2.05, 4.69) is 28.8 Å². The van der Waals surface area contributed by atoms with Gasteiger partial charge in [-0.1, -0.05) is 13.8 Å². The lowest BCUT2D eigenvalue weighted by Gasteiger charge is -2.01. The van der Waals surface area contributed by atoms with Crippen molar-refractivity contribution in [2.75, 3.05) is 0 Å². The molecule has 0 aliphatic carbocycles. The molecule has 0 spiro atoms. The molecule has 0 bridgehead atoms. The van der Waals surface area contributed by atoms with E-state index >= 15 is 0 Å². The monoisotopic (exact) mass is 175 g/mol. The number of nitrogens with zero attached hydrogens (tertiary/aromatic N) is 2. The molecular weight excluding hydrogens is 162 g/mol. The Labute approximate surface area is 77.2 Å². The number of H-pyrrole nitrogens is 1. The van der Waals surface area contributed by atoms with Crippen LogP contribution in [0.3, 0.4) is 0 Å². The molecule has 0 aliphatic rings. The number of imidazole rings is 1. The third-order valence-electron chi connectivity index (χ3n) is 2.38. The summed E-state index contributed by atoms with van der Waals surface area (Å²) < 4.78 is 0. The summed E-state index contributed by atoms with van der Waals surface area (Å²) in [4.78, 5) is 11.8. The quantitative estimate of drug-likeness (QED) is 0.761. The molecule has 13 heavy (non-hydrogen) atoms. The molecule has 0 radical (unpaired) electrons. The minimum Gasteiger partial charge on any atom is -0.340 e. The van der Waals surface area contributed by atoms with Crippen LogP contribution in [0.25, 0.3) is 11.0 Å². The standard InChI is InChI=1S/C10H13N3/c1-3-7(2)10-12-8-4-5-11-6-9(8)13-10/h4-7H,3H2,1-2H3,(H,12,13). The molecule has 2 aromatic heterocycles. The van der Waals surface area contributed by atoms with Crippen molar-refractivity contribution >= 4 is 11.0 Å². The molecule has 0 fully saturated rings. The largest absolute Gasteiger partial charge is 0.340 e. The van der Waals surface area contributed by atoms with E-state index in [0.717, 1.165) is 23.3 Å². The lowest BCUT2D eigenvalue weighted by atomic mass is 10.1. The first-order chi connectivity index (χ1) is 6.31. The van der Waals surface area contributed by atoms with Gasteiger partial charge < -0.3 is 4.98 Å². The fraction of sp³-hybridized carbons (Fsp3) is 0.400. The number of fused-ring (bicyclic) bond motifs is 1. The van der Waals surface area contributed by atoms with Gasteiger partial charge >= 0.3 is 0 Å². The molecule has 68 valence electrons. The maximum absolute atomic E-state index is 4.49. The average Bonchev–Trinajstić information content (AvgIpc) is 2.59. The highest BCUT2D eigenvalue weighted by Gasteiger charge is 2.07. The predicted molar refractivity (Wildman–Crippen MR) is 52.6 cm³/mol. The SMILES string of the molecule is CCC(C)c1nc2ccncc2[nH]1. The highest BCUT2D eigenvalue weighted by Crippen LogP contribution is 2.18. The molecule has 0 saturated carbocycles. The van der Waals surface area contributed by atoms with E-state index < -0.39 is 0 Å². The summed E-state index contributed by atoms with van der Waals surface area (Å²) in [6.45, 7) is 4.33. The summed E-state index contributed by atoms with van der Waals surface area (Å²) in [6.07, 6.45) is 4.69. The molecule has 2 heterocycles. The Bertz CT molecular complexity index is 372. The highest BCUT2D eigenvalue weighted by molar-refractivity contribution is 5.73. The van der Waals surface area contributed by atoms with E-state index in [1.165, 1.54) is 0 Å². The van der Waals surface area contributed by atoms with Crippen LogP contribution >= 0.6 is 0 Å². The van der Waals surface area contributed by atoms with Gasteiger partial charge in [0.2, 0.25) is 0 Å². The lowest BCUT2D eigenvalue weighted by Crippen LogP contribution is -1.92. The second-order valence-corrected chi connectivity index (χ2v) is 3.32. The topological polar surface area (TPSA) is 41.6 Å². The van der Waals surface area contributed by atoms with Crippen LogP contribution in [0.4, 0.5) is 0 Å². The third kappa shape index (κ3) is 1.41. The predicted octanol–water partition coefficient (Wildman–Crippen LogP) is 2.47. The van der Waals surface area contributed by atoms with Gasteiger partial charge in [-0.05, 0) is 12.5 Å². The van der Waals surface area contributed by atoms with Gasteiger partial charge in [-0.3, -0.25) is 4.98 Å². The molecule has 0 aliphatic heterocycles. The van der Waals surface area contributed by atoms with Crippen molar-refractivity contribution in [3.8, 4) is 0 Å². The van der Waals surface area contributed by atoms with Crippen LogP contribution in [0.15, 0.2) is 18.5 Å². The number of pyridine rings is 1. The fourth-order valence-electron chi connectivity index (χ4n) is 1.30. The maximum atomic E-state index is 4.49. The second kappa shape index (κ2) is 3.17. The van der Waals surface area contributed by atoms with Crippen LogP contribution in [0, 0.1) is 0 Å². The van der Waals surface area contributed by atoms with Crippen molar-refractivity contribution in [3.05, 3.63) is 24.3 Å². The molecule has 1 N–H and O–H groups in total. The van der Waals surface area contributed by atoms with Crippen LogP contribution in [0.2, 0.25) is 0 Å². The summed E-state index contributed by atoms with van der Waals surface area (Å²) in [5, 5.41) is 0. The molecular formula is C10H13N3. The number of aromatic nitrogens is 3. The van der Waals surface area contributed by atoms with Crippen molar-refractivity contribution in [2.24, 2.45) is 0 Å². The Kier molecular flexibility index (Phi) is 2.00. The zero-order valence-corrected chi connectivity index (χ0v) is 7.91. The Hall–Kier alpha value is -1.38. The molecule has 0 amide bonds. The van der Waals surface area contributed by atoms with E-state index in [9.17, 15) is 0 Å². The summed E-state index contributed by atoms with van der Waals surface area (Å²) in [6, 6.07) is 1.93. The number of rotatable bonds is 2. The highest BCUT2D eigenvalue weighted by atomic mass is 14.9. The first-order valence-electron chi connectivity index (χ1n) is 4.61. The van der Waals surface area contributed by atoms with Crippen LogP contribution in [-0.2, 0) is 0 Å². The van der Waals surface area contributed by atoms with Crippen LogP contribution in [0.1, 0.15) is 32.0 Å². The number of hydrogen-bond acceptors (Lipinski definition) is 2. The van der Waals surface area contributed by atoms with Crippen molar-refractivity contribution in [1.29, 1.82) is 0 Å². The molecule has 1 unspecified atom stereocenters. The van der Waals surface area contributed by atoms with Gasteiger partial charge in [0.15, 0.2) is 0 Å². The van der Waals surface area contributed by atoms with Gasteiger partial charge in [0.1, 0.15) is 5.82 Å². The smallest absolute Gasteiger partial charge is 0.110 e. The van der Waals surface area contributed by atoms with Gasteiger partial charge in [0.25, 0.3) is 0 Å². The second-order valence-electron chi connectivity index (χ2n) is 3.32. The van der Waals surface area contributed by atoms with Gasteiger partial charge in [-0.15, -0.1) is 0 Å². The maximum Gasteiger partial charge on any atom is 0.110 e. The summed E-state index contributed by atoms with van der Waals surface area (Å²) in [5.41, 5.74) is 2.03. The zero-order valence-electron chi connectivity index (χ0n) is 7.91. The van der Waals surface area contributed by atoms with Crippen molar-refractivity contribution < 1.29 is 0 Å². The average molecular weight is 175 g/mol. The first-order valence-corrected chi connectivity index (χ1v) is 4.61. The molecule has 3 heteroatoms. The van der Waals surface area contributed by atoms with Crippen molar-refractivity contribution in [1.82, 2.24) is 15.0 Å². The van der Waals surface area contributed by atoms with E-state index in [0.29, 0.717) is 5.92 Å². The zero-order chi connectivity index (χ0) is 9.26. The number of hydrogen-bond donors (Lipinski definition) is 1. The van der Waals surface area contributed by atoms with Crippen LogP contribution < -0.4 is 0 Å². The Morgan fingerprint density at radius 2 is 2.38 bits per heavy atom. The van der Waals surface area contributed by atoms with Gasteiger partial charge in [-0.25, -0.2) is 4.98 Å². The number of nitrogens with one attached hydrogen (secondary N) is 1. The molecule has 2 aromatic rings. The fourth-order valence-corrected chi connectivity index (χ4v) is 1.30. The Morgan fingerprint density at radius 3 is 3.08 bits per heavy atom. The Balaban J connectivity index is 2.49. The molecule has 2 rings (SSSR count). The van der Waals surface area contributed by atoms with Crippen LogP contribution in [-0.4, -0.2) is 15.0 Å². The molecule has 0 saturated heterocycles. The van der Waals surface area contributed by atoms with Crippen molar-refractivity contribution in [2.45, 2.75) is 26.2 Å². The van der Waals surface area contributed by atoms with Gasteiger partial charge in [0, 0.05) is 12.1 Å². The normalized spacial score (nSPS) is 13.4. The van der Waals surface area contributed by atoms with Gasteiger partial charge in [0.05, 0.1) is 17.2 Å². The van der Waals surface area contributed by atoms with E-state index in [1.54, 1.807) is 6.20 Å². The first kappa shape index (κ1) is 8.23.